The number of aryl methyl sites for hydroxylation is 1. The van der Waals surface area contributed by atoms with Crippen LogP contribution < -0.4 is 5.32 Å². The summed E-state index contributed by atoms with van der Waals surface area (Å²) in [6.07, 6.45) is 6.44. The van der Waals surface area contributed by atoms with Gasteiger partial charge in [0, 0.05) is 49.9 Å². The summed E-state index contributed by atoms with van der Waals surface area (Å²) >= 11 is 0. The molecule has 7 nitrogen and oxygen atoms in total. The Morgan fingerprint density at radius 1 is 1.11 bits per heavy atom. The van der Waals surface area contributed by atoms with Gasteiger partial charge in [-0.3, -0.25) is 9.58 Å². The first-order valence-electron chi connectivity index (χ1n) is 10.1. The molecule has 2 fully saturated rings. The van der Waals surface area contributed by atoms with Crippen LogP contribution >= 0.6 is 0 Å². The first-order chi connectivity index (χ1) is 13.7. The molecule has 2 aliphatic rings. The predicted octanol–water partition coefficient (Wildman–Crippen LogP) is 2.55. The van der Waals surface area contributed by atoms with Gasteiger partial charge in [0.1, 0.15) is 5.82 Å². The molecule has 1 saturated heterocycles. The average Bonchev–Trinajstić information content (AvgIpc) is 3.13. The van der Waals surface area contributed by atoms with Gasteiger partial charge in [-0.2, -0.15) is 5.10 Å². The summed E-state index contributed by atoms with van der Waals surface area (Å²) < 4.78 is 7.27. The molecule has 0 unspecified atom stereocenters. The van der Waals surface area contributed by atoms with Crippen LogP contribution in [0, 0.1) is 5.92 Å². The number of ether oxygens (including phenoxy) is 1. The van der Waals surface area contributed by atoms with E-state index in [-0.39, 0.29) is 0 Å². The first-order valence-corrected chi connectivity index (χ1v) is 10.1. The maximum absolute atomic E-state index is 5.45. The third kappa shape index (κ3) is 3.59. The summed E-state index contributed by atoms with van der Waals surface area (Å²) in [6.45, 7) is 4.89. The number of morpholine rings is 1. The number of nitrogens with one attached hydrogen (secondary N) is 1. The lowest BCUT2D eigenvalue weighted by atomic mass is 9.79. The summed E-state index contributed by atoms with van der Waals surface area (Å²) in [5.41, 5.74) is 3.17. The normalized spacial score (nSPS) is 22.9. The second kappa shape index (κ2) is 7.48. The van der Waals surface area contributed by atoms with Crippen molar-refractivity contribution in [3.63, 3.8) is 0 Å². The number of hydrogen-bond acceptors (Lipinski definition) is 6. The molecule has 0 radical (unpaired) electrons. The summed E-state index contributed by atoms with van der Waals surface area (Å²) in [4.78, 5) is 2.58. The zero-order chi connectivity index (χ0) is 18.9. The predicted molar refractivity (Wildman–Crippen MR) is 109 cm³/mol. The van der Waals surface area contributed by atoms with Gasteiger partial charge in [0.25, 0.3) is 0 Å². The number of anilines is 1. The van der Waals surface area contributed by atoms with E-state index in [1.165, 1.54) is 12.8 Å². The van der Waals surface area contributed by atoms with E-state index < -0.39 is 0 Å². The van der Waals surface area contributed by atoms with Crippen LogP contribution in [0.1, 0.15) is 12.8 Å². The Morgan fingerprint density at radius 3 is 2.75 bits per heavy atom. The number of fused-ring (bicyclic) bond motifs is 1. The van der Waals surface area contributed by atoms with Gasteiger partial charge in [0.15, 0.2) is 0 Å². The molecule has 2 aromatic heterocycles. The molecule has 5 rings (SSSR count). The average molecular weight is 378 g/mol. The molecule has 1 N–H and O–H groups in total. The summed E-state index contributed by atoms with van der Waals surface area (Å²) in [7, 11) is 1.93. The molecule has 1 aliphatic carbocycles. The van der Waals surface area contributed by atoms with Crippen LogP contribution in [0.25, 0.3) is 22.0 Å². The highest BCUT2D eigenvalue weighted by Gasteiger charge is 2.33. The Kier molecular flexibility index (Phi) is 4.70. The molecule has 1 aliphatic heterocycles. The molecule has 0 spiro atoms. The number of rotatable bonds is 5. The molecule has 0 atom stereocenters. The number of nitrogens with zero attached hydrogens (tertiary/aromatic N) is 5. The van der Waals surface area contributed by atoms with E-state index >= 15 is 0 Å². The van der Waals surface area contributed by atoms with E-state index in [2.05, 4.69) is 43.7 Å². The third-order valence-electron chi connectivity index (χ3n) is 5.97. The molecule has 0 bridgehead atoms. The van der Waals surface area contributed by atoms with E-state index in [0.29, 0.717) is 5.92 Å². The van der Waals surface area contributed by atoms with Crippen molar-refractivity contribution in [2.24, 2.45) is 13.0 Å². The fraction of sp³-hybridized carbons (Fsp3) is 0.476. The monoisotopic (exact) mass is 378 g/mol. The van der Waals surface area contributed by atoms with E-state index in [9.17, 15) is 0 Å². The lowest BCUT2D eigenvalue weighted by Gasteiger charge is -2.44. The third-order valence-corrected chi connectivity index (χ3v) is 5.97. The van der Waals surface area contributed by atoms with Crippen LogP contribution in [-0.2, 0) is 11.8 Å². The zero-order valence-corrected chi connectivity index (χ0v) is 16.2. The van der Waals surface area contributed by atoms with Crippen molar-refractivity contribution in [1.82, 2.24) is 24.9 Å². The van der Waals surface area contributed by atoms with E-state index in [0.717, 1.165) is 66.7 Å². The molecule has 28 heavy (non-hydrogen) atoms. The molecule has 3 heterocycles. The van der Waals surface area contributed by atoms with Crippen molar-refractivity contribution in [3.05, 3.63) is 36.7 Å². The minimum atomic E-state index is 0.715. The molecular formula is C21H26N6O. The zero-order valence-electron chi connectivity index (χ0n) is 16.2. The molecule has 3 aromatic rings. The molecule has 146 valence electrons. The van der Waals surface area contributed by atoms with Crippen molar-refractivity contribution in [2.75, 3.05) is 38.2 Å². The summed E-state index contributed by atoms with van der Waals surface area (Å²) in [5.74, 6) is 1.57. The Balaban J connectivity index is 1.21. The van der Waals surface area contributed by atoms with Crippen molar-refractivity contribution in [3.8, 4) is 11.1 Å². The first kappa shape index (κ1) is 17.6. The van der Waals surface area contributed by atoms with E-state index in [4.69, 9.17) is 4.74 Å². The van der Waals surface area contributed by atoms with E-state index in [1.54, 1.807) is 0 Å². The fourth-order valence-electron chi connectivity index (χ4n) is 4.24. The second-order valence-corrected chi connectivity index (χ2v) is 7.93. The highest BCUT2D eigenvalue weighted by molar-refractivity contribution is 5.85. The van der Waals surface area contributed by atoms with Crippen LogP contribution in [0.15, 0.2) is 36.7 Å². The van der Waals surface area contributed by atoms with Gasteiger partial charge in [0.2, 0.25) is 0 Å². The Bertz CT molecular complexity index is 958. The maximum atomic E-state index is 5.45. The lowest BCUT2D eigenvalue weighted by molar-refractivity contribution is -0.0151. The molecule has 7 heteroatoms. The second-order valence-electron chi connectivity index (χ2n) is 7.93. The number of aromatic nitrogens is 4. The van der Waals surface area contributed by atoms with Crippen LogP contribution in [0.2, 0.25) is 0 Å². The van der Waals surface area contributed by atoms with Crippen molar-refractivity contribution in [2.45, 2.75) is 18.9 Å². The Hall–Kier alpha value is -2.51. The van der Waals surface area contributed by atoms with Crippen LogP contribution in [0.3, 0.4) is 0 Å². The molecule has 0 amide bonds. The van der Waals surface area contributed by atoms with Gasteiger partial charge < -0.3 is 10.1 Å². The fourth-order valence-corrected chi connectivity index (χ4v) is 4.24. The van der Waals surface area contributed by atoms with Crippen LogP contribution in [0.4, 0.5) is 5.82 Å². The topological polar surface area (TPSA) is 68.1 Å². The van der Waals surface area contributed by atoms with Gasteiger partial charge >= 0.3 is 0 Å². The van der Waals surface area contributed by atoms with Crippen molar-refractivity contribution >= 4 is 16.7 Å². The minimum absolute atomic E-state index is 0.715. The van der Waals surface area contributed by atoms with E-state index in [1.807, 2.05) is 30.2 Å². The molecule has 1 aromatic carbocycles. The van der Waals surface area contributed by atoms with Crippen LogP contribution in [0.5, 0.6) is 0 Å². The van der Waals surface area contributed by atoms with Gasteiger partial charge in [-0.25, -0.2) is 0 Å². The standard InChI is InChI=1S/C21H26N6O/c1-26-14-18(13-23-26)16-2-3-20-17(10-16)11-21(25-24-20)22-12-15-8-19(9-15)27-4-6-28-7-5-27/h2-3,10-11,13-15,19H,4-9,12H2,1H3,(H,22,25). The highest BCUT2D eigenvalue weighted by atomic mass is 16.5. The Labute approximate surface area is 164 Å². The smallest absolute Gasteiger partial charge is 0.149 e. The summed E-state index contributed by atoms with van der Waals surface area (Å²) in [6, 6.07) is 9.08. The van der Waals surface area contributed by atoms with Gasteiger partial charge in [0.05, 0.1) is 24.9 Å². The molecular weight excluding hydrogens is 352 g/mol. The lowest BCUT2D eigenvalue weighted by Crippen LogP contribution is -2.50. The SMILES string of the molecule is Cn1cc(-c2ccc3nnc(NCC4CC(N5CCOCC5)C4)cc3c2)cn1. The van der Waals surface area contributed by atoms with Gasteiger partial charge in [-0.15, -0.1) is 10.2 Å². The quantitative estimate of drug-likeness (QED) is 0.736. The number of benzene rings is 1. The highest BCUT2D eigenvalue weighted by Crippen LogP contribution is 2.32. The molecule has 1 saturated carbocycles. The van der Waals surface area contributed by atoms with Crippen LogP contribution in [-0.4, -0.2) is 63.8 Å². The minimum Gasteiger partial charge on any atom is -0.379 e. The van der Waals surface area contributed by atoms with Crippen molar-refractivity contribution in [1.29, 1.82) is 0 Å². The van der Waals surface area contributed by atoms with Gasteiger partial charge in [-0.1, -0.05) is 6.07 Å². The van der Waals surface area contributed by atoms with Gasteiger partial charge in [-0.05, 0) is 42.5 Å². The number of hydrogen-bond donors (Lipinski definition) is 1. The largest absolute Gasteiger partial charge is 0.379 e. The maximum Gasteiger partial charge on any atom is 0.149 e. The van der Waals surface area contributed by atoms with Crippen molar-refractivity contribution < 1.29 is 4.74 Å². The Morgan fingerprint density at radius 2 is 1.96 bits per heavy atom. The summed E-state index contributed by atoms with van der Waals surface area (Å²) in [5, 5.41) is 17.6.